The maximum atomic E-state index is 11.2. The molecule has 2 fully saturated rings. The van der Waals surface area contributed by atoms with Gasteiger partial charge in [-0.3, -0.25) is 0 Å². The van der Waals surface area contributed by atoms with Crippen molar-refractivity contribution >= 4 is 0 Å². The molecule has 1 aliphatic heterocycles. The van der Waals surface area contributed by atoms with E-state index in [1.54, 1.807) is 6.07 Å². The second kappa shape index (κ2) is 11.9. The highest BCUT2D eigenvalue weighted by atomic mass is 16.5. The molecule has 2 heterocycles. The molecule has 0 radical (unpaired) electrons. The summed E-state index contributed by atoms with van der Waals surface area (Å²) in [6.07, 6.45) is 10.4. The number of aromatic amines is 1. The van der Waals surface area contributed by atoms with Crippen molar-refractivity contribution in [3.05, 3.63) is 70.5 Å². The lowest BCUT2D eigenvalue weighted by molar-refractivity contribution is -0.154. The van der Waals surface area contributed by atoms with Gasteiger partial charge in [0.25, 0.3) is 0 Å². The molecule has 5 atom stereocenters. The van der Waals surface area contributed by atoms with E-state index in [9.17, 15) is 20.4 Å². The third kappa shape index (κ3) is 5.75. The number of hydrogen-bond donors (Lipinski definition) is 5. The van der Waals surface area contributed by atoms with Gasteiger partial charge in [-0.1, -0.05) is 31.9 Å². The van der Waals surface area contributed by atoms with Gasteiger partial charge in [0.05, 0.1) is 25.4 Å². The second-order valence-electron chi connectivity index (χ2n) is 11.2. The molecule has 7 heteroatoms. The highest BCUT2D eigenvalue weighted by Gasteiger charge is 2.43. The van der Waals surface area contributed by atoms with E-state index in [1.807, 2.05) is 30.6 Å². The first-order valence-electron chi connectivity index (χ1n) is 14.3. The Balaban J connectivity index is 1.40. The van der Waals surface area contributed by atoms with Crippen molar-refractivity contribution in [3.8, 4) is 23.0 Å². The van der Waals surface area contributed by atoms with Gasteiger partial charge in [-0.15, -0.1) is 0 Å². The molecule has 0 bridgehead atoms. The lowest BCUT2D eigenvalue weighted by atomic mass is 9.71. The fourth-order valence-electron chi connectivity index (χ4n) is 6.59. The van der Waals surface area contributed by atoms with Crippen LogP contribution in [0.2, 0.25) is 0 Å². The summed E-state index contributed by atoms with van der Waals surface area (Å²) in [5.41, 5.74) is 4.70. The number of fused-ring (bicyclic) bond motifs is 1. The molecule has 2 aliphatic rings. The van der Waals surface area contributed by atoms with Gasteiger partial charge in [0.1, 0.15) is 5.75 Å². The summed E-state index contributed by atoms with van der Waals surface area (Å²) in [4.78, 5) is 3.06. The van der Waals surface area contributed by atoms with Gasteiger partial charge >= 0.3 is 0 Å². The van der Waals surface area contributed by atoms with Crippen LogP contribution in [-0.4, -0.2) is 44.7 Å². The van der Waals surface area contributed by atoms with E-state index < -0.39 is 12.2 Å². The van der Waals surface area contributed by atoms with Crippen molar-refractivity contribution in [1.29, 1.82) is 0 Å². The second-order valence-corrected chi connectivity index (χ2v) is 11.2. The number of phenols is 3. The van der Waals surface area contributed by atoms with Crippen molar-refractivity contribution in [2.45, 2.75) is 88.9 Å². The highest BCUT2D eigenvalue weighted by molar-refractivity contribution is 5.59. The van der Waals surface area contributed by atoms with E-state index in [0.717, 1.165) is 67.2 Å². The first kappa shape index (κ1) is 27.4. The van der Waals surface area contributed by atoms with Crippen molar-refractivity contribution in [1.82, 2.24) is 4.98 Å². The predicted octanol–water partition coefficient (Wildman–Crippen LogP) is 6.24. The molecule has 5 N–H and O–H groups in total. The number of ether oxygens (including phenoxy) is 2. The number of hydrogen-bond acceptors (Lipinski definition) is 6. The van der Waals surface area contributed by atoms with Gasteiger partial charge in [0.2, 0.25) is 5.75 Å². The van der Waals surface area contributed by atoms with E-state index in [1.165, 1.54) is 12.7 Å². The third-order valence-corrected chi connectivity index (χ3v) is 8.72. The molecule has 5 unspecified atom stereocenters. The van der Waals surface area contributed by atoms with E-state index in [-0.39, 0.29) is 35.2 Å². The van der Waals surface area contributed by atoms with E-state index >= 15 is 0 Å². The Morgan fingerprint density at radius 1 is 1.03 bits per heavy atom. The maximum absolute atomic E-state index is 11.2. The molecule has 2 aromatic carbocycles. The first-order valence-corrected chi connectivity index (χ1v) is 14.3. The molecule has 0 spiro atoms. The van der Waals surface area contributed by atoms with Gasteiger partial charge in [-0.05, 0) is 78.5 Å². The van der Waals surface area contributed by atoms with Gasteiger partial charge in [0, 0.05) is 36.7 Å². The average molecular weight is 536 g/mol. The lowest BCUT2D eigenvalue weighted by Gasteiger charge is -2.45. The van der Waals surface area contributed by atoms with Crippen molar-refractivity contribution < 1.29 is 29.9 Å². The molecule has 210 valence electrons. The summed E-state index contributed by atoms with van der Waals surface area (Å²) < 4.78 is 12.3. The SMILES string of the molecule is CCCCCc1cc(C2CCC3C(O)CC(c4cc(O)c(O)c(OC)c4Cc4cc[nH]c4)OC3C2)ccc1O. The largest absolute Gasteiger partial charge is 0.508 e. The Kier molecular flexibility index (Phi) is 8.38. The monoisotopic (exact) mass is 535 g/mol. The summed E-state index contributed by atoms with van der Waals surface area (Å²) in [5, 5.41) is 42.7. The minimum atomic E-state index is -0.527. The number of rotatable bonds is 9. The van der Waals surface area contributed by atoms with Crippen LogP contribution < -0.4 is 4.74 Å². The average Bonchev–Trinajstić information content (AvgIpc) is 3.45. The lowest BCUT2D eigenvalue weighted by Crippen LogP contribution is -2.44. The molecule has 1 aliphatic carbocycles. The standard InChI is InChI=1S/C32H41NO6/c1-3-4-5-6-22-14-20(8-10-26(22)34)21-7-9-23-27(35)17-30(39-29(23)15-21)24-16-28(36)31(37)32(38-2)25(24)13-19-11-12-33-18-19/h8,10-12,14,16,18,21,23,27,29-30,33-37H,3-7,9,13,15,17H2,1-2H3. The fourth-order valence-corrected chi connectivity index (χ4v) is 6.59. The smallest absolute Gasteiger partial charge is 0.200 e. The number of aliphatic hydroxyl groups excluding tert-OH is 1. The number of aromatic nitrogens is 1. The summed E-state index contributed by atoms with van der Waals surface area (Å²) in [5.74, 6) is 0.378. The van der Waals surface area contributed by atoms with Crippen LogP contribution in [0.5, 0.6) is 23.0 Å². The quantitative estimate of drug-likeness (QED) is 0.164. The Labute approximate surface area is 230 Å². The summed E-state index contributed by atoms with van der Waals surface area (Å²) in [6.45, 7) is 2.18. The van der Waals surface area contributed by atoms with Crippen LogP contribution >= 0.6 is 0 Å². The van der Waals surface area contributed by atoms with Crippen LogP contribution in [0.3, 0.4) is 0 Å². The van der Waals surface area contributed by atoms with Crippen LogP contribution in [0.1, 0.15) is 91.7 Å². The van der Waals surface area contributed by atoms with Gasteiger partial charge in [0.15, 0.2) is 11.5 Å². The molecule has 1 saturated carbocycles. The number of aromatic hydroxyl groups is 3. The van der Waals surface area contributed by atoms with Crippen LogP contribution in [0, 0.1) is 5.92 Å². The van der Waals surface area contributed by atoms with Gasteiger partial charge in [-0.25, -0.2) is 0 Å². The van der Waals surface area contributed by atoms with Gasteiger partial charge < -0.3 is 34.9 Å². The first-order chi connectivity index (χ1) is 18.9. The number of nitrogens with one attached hydrogen (secondary N) is 1. The number of H-pyrrole nitrogens is 1. The maximum Gasteiger partial charge on any atom is 0.200 e. The molecule has 5 rings (SSSR count). The normalized spacial score (nSPS) is 24.8. The predicted molar refractivity (Wildman–Crippen MR) is 150 cm³/mol. The van der Waals surface area contributed by atoms with E-state index in [0.29, 0.717) is 18.6 Å². The van der Waals surface area contributed by atoms with Crippen molar-refractivity contribution in [2.75, 3.05) is 7.11 Å². The molecule has 3 aromatic rings. The van der Waals surface area contributed by atoms with Crippen molar-refractivity contribution in [2.24, 2.45) is 5.92 Å². The zero-order valence-corrected chi connectivity index (χ0v) is 22.9. The van der Waals surface area contributed by atoms with Crippen LogP contribution in [0.15, 0.2) is 42.7 Å². The highest BCUT2D eigenvalue weighted by Crippen LogP contribution is 2.50. The van der Waals surface area contributed by atoms with Crippen molar-refractivity contribution in [3.63, 3.8) is 0 Å². The van der Waals surface area contributed by atoms with Gasteiger partial charge in [-0.2, -0.15) is 0 Å². The topological polar surface area (TPSA) is 115 Å². The molecule has 1 aromatic heterocycles. The number of aryl methyl sites for hydroxylation is 1. The van der Waals surface area contributed by atoms with Crippen LogP contribution in [-0.2, 0) is 17.6 Å². The van der Waals surface area contributed by atoms with Crippen LogP contribution in [0.25, 0.3) is 0 Å². The number of phenolic OH excluding ortho intramolecular Hbond substituents is 3. The minimum Gasteiger partial charge on any atom is -0.508 e. The Morgan fingerprint density at radius 3 is 2.62 bits per heavy atom. The summed E-state index contributed by atoms with van der Waals surface area (Å²) in [7, 11) is 1.48. The number of unbranched alkanes of at least 4 members (excludes halogenated alkanes) is 2. The zero-order valence-electron chi connectivity index (χ0n) is 22.9. The molecular weight excluding hydrogens is 494 g/mol. The molecule has 1 saturated heterocycles. The molecule has 39 heavy (non-hydrogen) atoms. The van der Waals surface area contributed by atoms with E-state index in [4.69, 9.17) is 9.47 Å². The number of benzene rings is 2. The van der Waals surface area contributed by atoms with E-state index in [2.05, 4.69) is 18.0 Å². The van der Waals surface area contributed by atoms with Crippen LogP contribution in [0.4, 0.5) is 0 Å². The molecule has 0 amide bonds. The summed E-state index contributed by atoms with van der Waals surface area (Å²) >= 11 is 0. The summed E-state index contributed by atoms with van der Waals surface area (Å²) in [6, 6.07) is 9.52. The molecular formula is C32H41NO6. The minimum absolute atomic E-state index is 0.0550. The molecule has 7 nitrogen and oxygen atoms in total. The number of methoxy groups -OCH3 is 1. The third-order valence-electron chi connectivity index (χ3n) is 8.72. The Morgan fingerprint density at radius 2 is 1.87 bits per heavy atom. The number of aliphatic hydroxyl groups is 1. The Bertz CT molecular complexity index is 1260. The fraction of sp³-hybridized carbons (Fsp3) is 0.500. The Hall–Kier alpha value is -3.16. The zero-order chi connectivity index (χ0) is 27.5.